The van der Waals surface area contributed by atoms with Gasteiger partial charge in [0.15, 0.2) is 0 Å². The molecular weight excluding hydrogens is 283 g/mol. The van der Waals surface area contributed by atoms with Crippen LogP contribution in [-0.2, 0) is 0 Å². The maximum atomic E-state index is 13.8. The molecule has 4 nitrogen and oxygen atoms in total. The summed E-state index contributed by atoms with van der Waals surface area (Å²) in [7, 11) is 1.42. The highest BCUT2D eigenvalue weighted by atomic mass is 35.5. The van der Waals surface area contributed by atoms with Crippen molar-refractivity contribution in [2.75, 3.05) is 18.2 Å². The molecule has 20 heavy (non-hydrogen) atoms. The molecule has 2 aromatic carbocycles. The van der Waals surface area contributed by atoms with Gasteiger partial charge in [0.05, 0.1) is 24.0 Å². The van der Waals surface area contributed by atoms with Crippen LogP contribution in [0.25, 0.3) is 0 Å². The fourth-order valence-corrected chi connectivity index (χ4v) is 1.81. The zero-order valence-electron chi connectivity index (χ0n) is 10.6. The number of amides is 1. The van der Waals surface area contributed by atoms with Crippen molar-refractivity contribution in [1.82, 2.24) is 0 Å². The highest BCUT2D eigenvalue weighted by molar-refractivity contribution is 6.31. The number of methoxy groups -OCH3 is 1. The third kappa shape index (κ3) is 3.00. The summed E-state index contributed by atoms with van der Waals surface area (Å²) < 4.78 is 18.6. The average molecular weight is 295 g/mol. The van der Waals surface area contributed by atoms with Crippen molar-refractivity contribution in [3.63, 3.8) is 0 Å². The number of hydrogen-bond donors (Lipinski definition) is 2. The van der Waals surface area contributed by atoms with Crippen LogP contribution in [0.3, 0.4) is 0 Å². The van der Waals surface area contributed by atoms with E-state index in [2.05, 4.69) is 5.32 Å². The number of halogens is 2. The molecular formula is C14H12ClFN2O2. The number of rotatable bonds is 3. The molecule has 0 saturated heterocycles. The first-order chi connectivity index (χ1) is 9.51. The first-order valence-electron chi connectivity index (χ1n) is 5.71. The number of carbonyl (C=O) groups is 1. The third-order valence-corrected chi connectivity index (χ3v) is 2.92. The Labute approximate surface area is 120 Å². The summed E-state index contributed by atoms with van der Waals surface area (Å²) in [6, 6.07) is 8.62. The fraction of sp³-hybridized carbons (Fsp3) is 0.0714. The minimum absolute atomic E-state index is 0.106. The van der Waals surface area contributed by atoms with Gasteiger partial charge < -0.3 is 15.8 Å². The fourth-order valence-electron chi connectivity index (χ4n) is 1.63. The van der Waals surface area contributed by atoms with Crippen LogP contribution in [0, 0.1) is 5.82 Å². The number of nitrogens with two attached hydrogens (primary N) is 1. The zero-order valence-corrected chi connectivity index (χ0v) is 11.4. The smallest absolute Gasteiger partial charge is 0.258 e. The number of carbonyl (C=O) groups excluding carboxylic acids is 1. The quantitative estimate of drug-likeness (QED) is 0.854. The second-order valence-corrected chi connectivity index (χ2v) is 4.47. The Morgan fingerprint density at radius 2 is 2.05 bits per heavy atom. The van der Waals surface area contributed by atoms with Crippen LogP contribution in [0.1, 0.15) is 10.4 Å². The van der Waals surface area contributed by atoms with Crippen LogP contribution in [0.15, 0.2) is 36.4 Å². The molecule has 0 unspecified atom stereocenters. The lowest BCUT2D eigenvalue weighted by molar-refractivity contribution is 0.102. The lowest BCUT2D eigenvalue weighted by atomic mass is 10.1. The van der Waals surface area contributed by atoms with Crippen LogP contribution < -0.4 is 15.8 Å². The second kappa shape index (κ2) is 5.79. The topological polar surface area (TPSA) is 64.3 Å². The van der Waals surface area contributed by atoms with Gasteiger partial charge in [0.2, 0.25) is 0 Å². The number of anilines is 2. The maximum Gasteiger partial charge on any atom is 0.258 e. The molecule has 2 rings (SSSR count). The summed E-state index contributed by atoms with van der Waals surface area (Å²) in [6.07, 6.45) is 0. The van der Waals surface area contributed by atoms with Gasteiger partial charge in [-0.1, -0.05) is 11.6 Å². The first-order valence-corrected chi connectivity index (χ1v) is 6.09. The van der Waals surface area contributed by atoms with E-state index in [1.165, 1.54) is 25.3 Å². The number of nitrogens with one attached hydrogen (secondary N) is 1. The Morgan fingerprint density at radius 3 is 2.70 bits per heavy atom. The molecule has 0 aliphatic carbocycles. The largest absolute Gasteiger partial charge is 0.497 e. The molecule has 0 fully saturated rings. The van der Waals surface area contributed by atoms with Crippen molar-refractivity contribution < 1.29 is 13.9 Å². The summed E-state index contributed by atoms with van der Waals surface area (Å²) in [5, 5.41) is 2.94. The van der Waals surface area contributed by atoms with Crippen LogP contribution in [-0.4, -0.2) is 13.0 Å². The molecule has 0 aromatic heterocycles. The lowest BCUT2D eigenvalue weighted by Gasteiger charge is -2.09. The van der Waals surface area contributed by atoms with Gasteiger partial charge >= 0.3 is 0 Å². The zero-order chi connectivity index (χ0) is 14.7. The van der Waals surface area contributed by atoms with Crippen LogP contribution >= 0.6 is 11.6 Å². The van der Waals surface area contributed by atoms with Crippen molar-refractivity contribution in [2.24, 2.45) is 0 Å². The van der Waals surface area contributed by atoms with Gasteiger partial charge in [0, 0.05) is 11.1 Å². The number of hydrogen-bond acceptors (Lipinski definition) is 3. The molecule has 0 aliphatic heterocycles. The molecule has 0 saturated carbocycles. The van der Waals surface area contributed by atoms with Crippen LogP contribution in [0.5, 0.6) is 5.75 Å². The van der Waals surface area contributed by atoms with E-state index >= 15 is 0 Å². The Hall–Kier alpha value is -2.27. The highest BCUT2D eigenvalue weighted by Gasteiger charge is 2.14. The Morgan fingerprint density at radius 1 is 1.30 bits per heavy atom. The van der Waals surface area contributed by atoms with Gasteiger partial charge in [-0.25, -0.2) is 4.39 Å². The SMILES string of the molecule is COc1ccc(C(=O)Nc2cc(Cl)ccc2N)c(F)c1. The van der Waals surface area contributed by atoms with E-state index in [-0.39, 0.29) is 5.56 Å². The molecule has 0 atom stereocenters. The van der Waals surface area contributed by atoms with Gasteiger partial charge in [0.25, 0.3) is 5.91 Å². The van der Waals surface area contributed by atoms with E-state index in [4.69, 9.17) is 22.1 Å². The molecule has 104 valence electrons. The number of benzene rings is 2. The molecule has 1 amide bonds. The average Bonchev–Trinajstić information content (AvgIpc) is 2.42. The number of ether oxygens (including phenoxy) is 1. The first kappa shape index (κ1) is 14.1. The maximum absolute atomic E-state index is 13.8. The summed E-state index contributed by atoms with van der Waals surface area (Å²) >= 11 is 5.82. The van der Waals surface area contributed by atoms with Crippen molar-refractivity contribution in [1.29, 1.82) is 0 Å². The monoisotopic (exact) mass is 294 g/mol. The summed E-state index contributed by atoms with van der Waals surface area (Å²) in [6.45, 7) is 0. The molecule has 2 aromatic rings. The van der Waals surface area contributed by atoms with Gasteiger partial charge in [-0.05, 0) is 30.3 Å². The standard InChI is InChI=1S/C14H12ClFN2O2/c1-20-9-3-4-10(11(16)7-9)14(19)18-13-6-8(15)2-5-12(13)17/h2-7H,17H2,1H3,(H,18,19). The molecule has 0 bridgehead atoms. The minimum Gasteiger partial charge on any atom is -0.497 e. The Bertz CT molecular complexity index is 662. The van der Waals surface area contributed by atoms with Crippen molar-refractivity contribution in [3.8, 4) is 5.75 Å². The normalized spacial score (nSPS) is 10.2. The van der Waals surface area contributed by atoms with Gasteiger partial charge in [-0.3, -0.25) is 4.79 Å². The van der Waals surface area contributed by atoms with E-state index < -0.39 is 11.7 Å². The Kier molecular flexibility index (Phi) is 4.10. The molecule has 0 radical (unpaired) electrons. The minimum atomic E-state index is -0.678. The molecule has 6 heteroatoms. The van der Waals surface area contributed by atoms with Crippen molar-refractivity contribution in [3.05, 3.63) is 52.8 Å². The second-order valence-electron chi connectivity index (χ2n) is 4.03. The summed E-state index contributed by atoms with van der Waals surface area (Å²) in [4.78, 5) is 12.0. The predicted molar refractivity (Wildman–Crippen MR) is 76.8 cm³/mol. The van der Waals surface area contributed by atoms with E-state index in [9.17, 15) is 9.18 Å². The molecule has 0 aliphatic rings. The van der Waals surface area contributed by atoms with Gasteiger partial charge in [-0.2, -0.15) is 0 Å². The van der Waals surface area contributed by atoms with E-state index in [0.717, 1.165) is 6.07 Å². The lowest BCUT2D eigenvalue weighted by Crippen LogP contribution is -2.15. The third-order valence-electron chi connectivity index (χ3n) is 2.68. The van der Waals surface area contributed by atoms with Crippen molar-refractivity contribution in [2.45, 2.75) is 0 Å². The summed E-state index contributed by atoms with van der Waals surface area (Å²) in [5.41, 5.74) is 6.28. The predicted octanol–water partition coefficient (Wildman–Crippen LogP) is 3.32. The van der Waals surface area contributed by atoms with Crippen LogP contribution in [0.2, 0.25) is 5.02 Å². The summed E-state index contributed by atoms with van der Waals surface area (Å²) in [5.74, 6) is -0.956. The molecule has 0 spiro atoms. The van der Waals surface area contributed by atoms with Crippen molar-refractivity contribution >= 4 is 28.9 Å². The molecule has 0 heterocycles. The van der Waals surface area contributed by atoms with Crippen LogP contribution in [0.4, 0.5) is 15.8 Å². The van der Waals surface area contributed by atoms with Gasteiger partial charge in [0.1, 0.15) is 11.6 Å². The van der Waals surface area contributed by atoms with E-state index in [1.807, 2.05) is 0 Å². The van der Waals surface area contributed by atoms with E-state index in [1.54, 1.807) is 12.1 Å². The number of nitrogen functional groups attached to an aromatic ring is 1. The highest BCUT2D eigenvalue weighted by Crippen LogP contribution is 2.24. The van der Waals surface area contributed by atoms with E-state index in [0.29, 0.717) is 22.1 Å². The Balaban J connectivity index is 2.26. The van der Waals surface area contributed by atoms with Gasteiger partial charge in [-0.15, -0.1) is 0 Å². The molecule has 3 N–H and O–H groups in total.